The van der Waals surface area contributed by atoms with Gasteiger partial charge in [-0.25, -0.2) is 0 Å². The molecule has 0 atom stereocenters. The Bertz CT molecular complexity index is 402. The summed E-state index contributed by atoms with van der Waals surface area (Å²) in [4.78, 5) is 13.9. The van der Waals surface area contributed by atoms with Crippen LogP contribution in [0.15, 0.2) is 24.3 Å². The first-order chi connectivity index (χ1) is 8.24. The van der Waals surface area contributed by atoms with E-state index in [-0.39, 0.29) is 18.4 Å². The molecule has 1 aromatic carbocycles. The number of carbonyl (C=O) groups is 1. The average Bonchev–Trinajstić information content (AvgIpc) is 2.28. The second-order valence-corrected chi connectivity index (χ2v) is 5.26. The molecule has 1 aliphatic rings. The summed E-state index contributed by atoms with van der Waals surface area (Å²) in [6.07, 6.45) is 2.05. The van der Waals surface area contributed by atoms with Gasteiger partial charge in [-0.15, -0.1) is 0 Å². The molecule has 92 valence electrons. The van der Waals surface area contributed by atoms with Gasteiger partial charge in [0.2, 0.25) is 0 Å². The third kappa shape index (κ3) is 2.82. The van der Waals surface area contributed by atoms with Gasteiger partial charge in [0.25, 0.3) is 5.91 Å². The largest absolute Gasteiger partial charge is 0.396 e. The first-order valence-corrected chi connectivity index (χ1v) is 7.12. The highest BCUT2D eigenvalue weighted by atomic mass is 32.2. The maximum absolute atomic E-state index is 12.1. The minimum Gasteiger partial charge on any atom is -0.396 e. The van der Waals surface area contributed by atoms with Crippen molar-refractivity contribution < 1.29 is 9.90 Å². The maximum Gasteiger partial charge on any atom is 0.253 e. The molecule has 0 aliphatic carbocycles. The van der Waals surface area contributed by atoms with Crippen molar-refractivity contribution >= 4 is 17.7 Å². The Hall–Kier alpha value is -1.00. The number of benzene rings is 1. The molecule has 0 unspecified atom stereocenters. The zero-order chi connectivity index (χ0) is 12.3. The minimum absolute atomic E-state index is 0.0812. The van der Waals surface area contributed by atoms with Gasteiger partial charge in [-0.3, -0.25) is 4.79 Å². The van der Waals surface area contributed by atoms with Crippen LogP contribution in [0.2, 0.25) is 0 Å². The topological polar surface area (TPSA) is 40.5 Å². The molecule has 0 radical (unpaired) electrons. The van der Waals surface area contributed by atoms with Gasteiger partial charge in [0.1, 0.15) is 0 Å². The Kier molecular flexibility index (Phi) is 4.07. The summed E-state index contributed by atoms with van der Waals surface area (Å²) in [7, 11) is 0. The Morgan fingerprint density at radius 1 is 1.53 bits per heavy atom. The molecule has 1 aromatic rings. The van der Waals surface area contributed by atoms with Crippen LogP contribution in [0.4, 0.5) is 0 Å². The van der Waals surface area contributed by atoms with Crippen LogP contribution >= 0.6 is 11.8 Å². The molecule has 1 saturated heterocycles. The summed E-state index contributed by atoms with van der Waals surface area (Å²) >= 11 is 1.75. The summed E-state index contributed by atoms with van der Waals surface area (Å²) in [6.45, 7) is 1.54. The number of thioether (sulfide) groups is 1. The number of hydrogen-bond acceptors (Lipinski definition) is 3. The maximum atomic E-state index is 12.1. The van der Waals surface area contributed by atoms with Crippen molar-refractivity contribution in [2.75, 3.05) is 26.0 Å². The third-order valence-corrected chi connectivity index (χ3v) is 3.61. The second kappa shape index (κ2) is 5.56. The van der Waals surface area contributed by atoms with E-state index in [0.717, 1.165) is 11.3 Å². The predicted octanol–water partition coefficient (Wildman–Crippen LogP) is 1.61. The van der Waals surface area contributed by atoms with Crippen LogP contribution in [0.1, 0.15) is 15.9 Å². The van der Waals surface area contributed by atoms with E-state index in [1.807, 2.05) is 24.3 Å². The van der Waals surface area contributed by atoms with Crippen molar-refractivity contribution in [3.05, 3.63) is 35.4 Å². The van der Waals surface area contributed by atoms with E-state index in [1.165, 1.54) is 5.56 Å². The van der Waals surface area contributed by atoms with Crippen LogP contribution in [0, 0.1) is 5.92 Å². The molecule has 3 nitrogen and oxygen atoms in total. The summed E-state index contributed by atoms with van der Waals surface area (Å²) in [5.41, 5.74) is 1.94. The van der Waals surface area contributed by atoms with Gasteiger partial charge in [-0.2, -0.15) is 11.8 Å². The second-order valence-electron chi connectivity index (χ2n) is 4.39. The van der Waals surface area contributed by atoms with Crippen molar-refractivity contribution in [2.45, 2.75) is 5.75 Å². The Balaban J connectivity index is 2.02. The first-order valence-electron chi connectivity index (χ1n) is 5.72. The van der Waals surface area contributed by atoms with Crippen LogP contribution in [-0.2, 0) is 5.75 Å². The number of carbonyl (C=O) groups excluding carboxylic acids is 1. The highest BCUT2D eigenvalue weighted by molar-refractivity contribution is 7.97. The normalized spacial score (nSPS) is 15.8. The molecule has 1 N–H and O–H groups in total. The molecule has 0 bridgehead atoms. The Labute approximate surface area is 106 Å². The number of nitrogens with zero attached hydrogens (tertiary/aromatic N) is 1. The van der Waals surface area contributed by atoms with Crippen molar-refractivity contribution in [3.8, 4) is 0 Å². The molecule has 0 spiro atoms. The fraction of sp³-hybridized carbons (Fsp3) is 0.462. The first kappa shape index (κ1) is 12.5. The lowest BCUT2D eigenvalue weighted by Crippen LogP contribution is -2.51. The lowest BCUT2D eigenvalue weighted by Gasteiger charge is -2.38. The van der Waals surface area contributed by atoms with Crippen LogP contribution in [0.25, 0.3) is 0 Å². The minimum atomic E-state index is 0.0812. The van der Waals surface area contributed by atoms with Gasteiger partial charge in [0.15, 0.2) is 0 Å². The fourth-order valence-electron chi connectivity index (χ4n) is 1.99. The van der Waals surface area contributed by atoms with Crippen LogP contribution < -0.4 is 0 Å². The Morgan fingerprint density at radius 2 is 2.29 bits per heavy atom. The lowest BCUT2D eigenvalue weighted by molar-refractivity contribution is 0.0362. The van der Waals surface area contributed by atoms with Gasteiger partial charge in [-0.05, 0) is 24.0 Å². The fourth-order valence-corrected chi connectivity index (χ4v) is 2.51. The van der Waals surface area contributed by atoms with Gasteiger partial charge >= 0.3 is 0 Å². The molecule has 0 aromatic heterocycles. The number of amides is 1. The highest BCUT2D eigenvalue weighted by Crippen LogP contribution is 2.19. The van der Waals surface area contributed by atoms with Crippen molar-refractivity contribution in [2.24, 2.45) is 5.92 Å². The third-order valence-electron chi connectivity index (χ3n) is 2.99. The molecule has 1 aliphatic heterocycles. The average molecular weight is 251 g/mol. The molecule has 1 amide bonds. The zero-order valence-electron chi connectivity index (χ0n) is 9.93. The zero-order valence-corrected chi connectivity index (χ0v) is 10.7. The van der Waals surface area contributed by atoms with E-state index in [2.05, 4.69) is 6.26 Å². The monoisotopic (exact) mass is 251 g/mol. The van der Waals surface area contributed by atoms with Crippen LogP contribution in [0.3, 0.4) is 0 Å². The summed E-state index contributed by atoms with van der Waals surface area (Å²) in [5, 5.41) is 8.93. The van der Waals surface area contributed by atoms with Gasteiger partial charge in [-0.1, -0.05) is 12.1 Å². The van der Waals surface area contributed by atoms with E-state index in [1.54, 1.807) is 16.7 Å². The van der Waals surface area contributed by atoms with Crippen molar-refractivity contribution in [1.82, 2.24) is 4.90 Å². The Morgan fingerprint density at radius 3 is 2.94 bits per heavy atom. The van der Waals surface area contributed by atoms with Gasteiger partial charge in [0.05, 0.1) is 0 Å². The number of rotatable bonds is 4. The number of aliphatic hydroxyl groups excluding tert-OH is 1. The van der Waals surface area contributed by atoms with Gasteiger partial charge < -0.3 is 10.0 Å². The molecule has 17 heavy (non-hydrogen) atoms. The molecule has 2 rings (SSSR count). The highest BCUT2D eigenvalue weighted by Gasteiger charge is 2.30. The number of aliphatic hydroxyl groups is 1. The summed E-state index contributed by atoms with van der Waals surface area (Å²) in [5.74, 6) is 1.28. The molecule has 0 saturated carbocycles. The van der Waals surface area contributed by atoms with Crippen LogP contribution in [-0.4, -0.2) is 41.9 Å². The standard InChI is InChI=1S/C13H17NO2S/c1-17-9-10-3-2-4-12(5-10)13(16)14-6-11(7-14)8-15/h2-5,11,15H,6-9H2,1H3. The number of hydrogen-bond donors (Lipinski definition) is 1. The van der Waals surface area contributed by atoms with Crippen molar-refractivity contribution in [3.63, 3.8) is 0 Å². The van der Waals surface area contributed by atoms with E-state index in [4.69, 9.17) is 5.11 Å². The van der Waals surface area contributed by atoms with Crippen molar-refractivity contribution in [1.29, 1.82) is 0 Å². The molecular weight excluding hydrogens is 234 g/mol. The predicted molar refractivity (Wildman–Crippen MR) is 70.1 cm³/mol. The van der Waals surface area contributed by atoms with Gasteiger partial charge in [0, 0.05) is 36.9 Å². The SMILES string of the molecule is CSCc1cccc(C(=O)N2CC(CO)C2)c1. The molecule has 1 heterocycles. The number of likely N-dealkylation sites (tertiary alicyclic amines) is 1. The van der Waals surface area contributed by atoms with E-state index < -0.39 is 0 Å². The van der Waals surface area contributed by atoms with E-state index >= 15 is 0 Å². The van der Waals surface area contributed by atoms with E-state index in [9.17, 15) is 4.79 Å². The molecule has 1 fully saturated rings. The smallest absolute Gasteiger partial charge is 0.253 e. The lowest BCUT2D eigenvalue weighted by atomic mass is 9.99. The molecule has 4 heteroatoms. The van der Waals surface area contributed by atoms with E-state index in [0.29, 0.717) is 13.1 Å². The summed E-state index contributed by atoms with van der Waals surface area (Å²) < 4.78 is 0. The summed E-state index contributed by atoms with van der Waals surface area (Å²) in [6, 6.07) is 7.80. The quantitative estimate of drug-likeness (QED) is 0.884. The van der Waals surface area contributed by atoms with Crippen LogP contribution in [0.5, 0.6) is 0 Å². The molecular formula is C13H17NO2S.